The van der Waals surface area contributed by atoms with Gasteiger partial charge in [-0.1, -0.05) is 18.2 Å². The number of benzene rings is 1. The van der Waals surface area contributed by atoms with Gasteiger partial charge in [0.15, 0.2) is 11.7 Å². The second-order valence-corrected chi connectivity index (χ2v) is 8.15. The highest BCUT2D eigenvalue weighted by Gasteiger charge is 2.33. The molecule has 2 aromatic heterocycles. The van der Waals surface area contributed by atoms with E-state index < -0.39 is 11.7 Å². The Balaban J connectivity index is 1.56. The van der Waals surface area contributed by atoms with Crippen molar-refractivity contribution < 1.29 is 8.81 Å². The van der Waals surface area contributed by atoms with E-state index in [1.807, 2.05) is 43.3 Å². The number of rotatable bonds is 5. The predicted molar refractivity (Wildman–Crippen MR) is 113 cm³/mol. The smallest absolute Gasteiger partial charge is 0.197 e. The topological polar surface area (TPSA) is 74.7 Å². The molecular weight excluding hydrogens is 379 g/mol. The fourth-order valence-electron chi connectivity index (χ4n) is 3.74. The summed E-state index contributed by atoms with van der Waals surface area (Å²) in [6.07, 6.45) is 8.23. The van der Waals surface area contributed by atoms with Gasteiger partial charge in [-0.3, -0.25) is 4.98 Å². The molecule has 150 valence electrons. The molecule has 0 saturated heterocycles. The largest absolute Gasteiger partial charge is 0.441 e. The summed E-state index contributed by atoms with van der Waals surface area (Å²) >= 11 is 0. The van der Waals surface area contributed by atoms with Crippen LogP contribution in [0.5, 0.6) is 0 Å². The molecule has 1 fully saturated rings. The molecule has 6 heteroatoms. The first-order chi connectivity index (χ1) is 14.5. The van der Waals surface area contributed by atoms with E-state index in [9.17, 15) is 9.65 Å². The number of hydrogen-bond acceptors (Lipinski definition) is 5. The fourth-order valence-corrected chi connectivity index (χ4v) is 3.74. The molecule has 3 aromatic rings. The minimum Gasteiger partial charge on any atom is -0.441 e. The Bertz CT molecular complexity index is 1220. The number of pyridine rings is 1. The van der Waals surface area contributed by atoms with E-state index in [0.29, 0.717) is 11.7 Å². The quantitative estimate of drug-likeness (QED) is 0.664. The zero-order valence-electron chi connectivity index (χ0n) is 16.6. The van der Waals surface area contributed by atoms with E-state index >= 15 is 0 Å². The molecule has 30 heavy (non-hydrogen) atoms. The number of nitriles is 1. The van der Waals surface area contributed by atoms with E-state index in [1.54, 1.807) is 18.5 Å². The van der Waals surface area contributed by atoms with Crippen LogP contribution < -0.4 is 5.32 Å². The maximum atomic E-state index is 14.2. The molecule has 3 heterocycles. The number of halogens is 1. The van der Waals surface area contributed by atoms with Gasteiger partial charge in [-0.15, -0.1) is 0 Å². The normalized spacial score (nSPS) is 22.0. The average Bonchev–Trinajstić information content (AvgIpc) is 3.53. The Kier molecular flexibility index (Phi) is 4.39. The fraction of sp³-hybridized carbons (Fsp3) is 0.292. The third-order valence-corrected chi connectivity index (χ3v) is 5.69. The van der Waals surface area contributed by atoms with Crippen LogP contribution >= 0.6 is 0 Å². The molecule has 1 aromatic carbocycles. The van der Waals surface area contributed by atoms with Crippen LogP contribution in [0, 0.1) is 17.2 Å². The third-order valence-electron chi connectivity index (χ3n) is 5.69. The van der Waals surface area contributed by atoms with Crippen molar-refractivity contribution >= 4 is 22.2 Å². The van der Waals surface area contributed by atoms with Crippen molar-refractivity contribution in [1.82, 2.24) is 15.3 Å². The summed E-state index contributed by atoms with van der Waals surface area (Å²) in [5, 5.41) is 14.0. The van der Waals surface area contributed by atoms with Crippen molar-refractivity contribution in [3.05, 3.63) is 72.1 Å². The highest BCUT2D eigenvalue weighted by atomic mass is 19.1. The summed E-state index contributed by atoms with van der Waals surface area (Å²) < 4.78 is 20.1. The van der Waals surface area contributed by atoms with Crippen molar-refractivity contribution in [3.8, 4) is 6.07 Å². The van der Waals surface area contributed by atoms with Gasteiger partial charge in [-0.05, 0) is 50.0 Å². The lowest BCUT2D eigenvalue weighted by Crippen LogP contribution is -2.39. The Hall–Kier alpha value is -3.46. The average molecular weight is 400 g/mol. The number of fused-ring (bicyclic) bond motifs is 1. The molecular formula is C24H21FN4O. The molecule has 0 spiro atoms. The van der Waals surface area contributed by atoms with Gasteiger partial charge in [0.25, 0.3) is 0 Å². The van der Waals surface area contributed by atoms with Crippen LogP contribution in [0.3, 0.4) is 0 Å². The first-order valence-corrected chi connectivity index (χ1v) is 10.1. The zero-order valence-corrected chi connectivity index (χ0v) is 16.6. The van der Waals surface area contributed by atoms with Crippen molar-refractivity contribution in [2.45, 2.75) is 37.9 Å². The van der Waals surface area contributed by atoms with Crippen molar-refractivity contribution in [3.63, 3.8) is 0 Å². The molecule has 2 atom stereocenters. The molecule has 1 aliphatic carbocycles. The maximum absolute atomic E-state index is 14.2. The summed E-state index contributed by atoms with van der Waals surface area (Å²) in [7, 11) is 0. The summed E-state index contributed by atoms with van der Waals surface area (Å²) in [5.41, 5.74) is 2.44. The highest BCUT2D eigenvalue weighted by molar-refractivity contribution is 5.97. The predicted octanol–water partition coefficient (Wildman–Crippen LogP) is 4.82. The van der Waals surface area contributed by atoms with Gasteiger partial charge < -0.3 is 9.73 Å². The molecule has 0 bridgehead atoms. The second kappa shape index (κ2) is 7.10. The standard InChI is InChI=1S/C24H21FN4O/c1-24(14-26)9-8-18(21-13-28-22(30-21)12-19(25)15-4-5-15)23(29-24)17-7-6-16-3-2-10-27-20(16)11-17/h2-3,6-11,13,15,19,29H,4-5,12H2,1H3. The molecule has 0 radical (unpaired) electrons. The molecule has 1 N–H and O–H groups in total. The lowest BCUT2D eigenvalue weighted by atomic mass is 9.92. The Morgan fingerprint density at radius 3 is 3.00 bits per heavy atom. The van der Waals surface area contributed by atoms with Crippen LogP contribution in [0.2, 0.25) is 0 Å². The number of alkyl halides is 1. The zero-order chi connectivity index (χ0) is 20.7. The Morgan fingerprint density at radius 2 is 2.20 bits per heavy atom. The Labute approximate surface area is 174 Å². The summed E-state index contributed by atoms with van der Waals surface area (Å²) in [5.74, 6) is 1.10. The van der Waals surface area contributed by atoms with Crippen molar-refractivity contribution in [1.29, 1.82) is 5.26 Å². The van der Waals surface area contributed by atoms with Crippen LogP contribution in [-0.4, -0.2) is 21.7 Å². The molecule has 5 nitrogen and oxygen atoms in total. The van der Waals surface area contributed by atoms with Gasteiger partial charge in [-0.25, -0.2) is 9.37 Å². The van der Waals surface area contributed by atoms with E-state index in [1.165, 1.54) is 0 Å². The number of dihydropyridines is 1. The molecule has 1 saturated carbocycles. The van der Waals surface area contributed by atoms with Crippen LogP contribution in [-0.2, 0) is 6.42 Å². The number of hydrogen-bond donors (Lipinski definition) is 1. The third kappa shape index (κ3) is 3.48. The van der Waals surface area contributed by atoms with E-state index in [4.69, 9.17) is 4.42 Å². The van der Waals surface area contributed by atoms with E-state index in [-0.39, 0.29) is 12.3 Å². The van der Waals surface area contributed by atoms with Crippen LogP contribution in [0.15, 0.2) is 59.3 Å². The van der Waals surface area contributed by atoms with Gasteiger partial charge in [0.1, 0.15) is 11.7 Å². The highest BCUT2D eigenvalue weighted by Crippen LogP contribution is 2.37. The molecule has 0 amide bonds. The summed E-state index contributed by atoms with van der Waals surface area (Å²) in [4.78, 5) is 8.74. The van der Waals surface area contributed by atoms with Gasteiger partial charge in [0, 0.05) is 22.7 Å². The number of oxazole rings is 1. The van der Waals surface area contributed by atoms with Gasteiger partial charge >= 0.3 is 0 Å². The van der Waals surface area contributed by atoms with E-state index in [0.717, 1.165) is 40.6 Å². The van der Waals surface area contributed by atoms with E-state index in [2.05, 4.69) is 21.4 Å². The van der Waals surface area contributed by atoms with Gasteiger partial charge in [-0.2, -0.15) is 5.26 Å². The molecule has 5 rings (SSSR count). The first kappa shape index (κ1) is 18.6. The lowest BCUT2D eigenvalue weighted by Gasteiger charge is -2.28. The van der Waals surface area contributed by atoms with Crippen LogP contribution in [0.25, 0.3) is 22.2 Å². The van der Waals surface area contributed by atoms with Gasteiger partial charge in [0.2, 0.25) is 0 Å². The molecule has 2 aliphatic rings. The lowest BCUT2D eigenvalue weighted by molar-refractivity contribution is 0.275. The number of allylic oxidation sites excluding steroid dienone is 2. The number of aromatic nitrogens is 2. The minimum absolute atomic E-state index is 0.146. The minimum atomic E-state index is -0.904. The van der Waals surface area contributed by atoms with Crippen LogP contribution in [0.1, 0.15) is 37.0 Å². The summed E-state index contributed by atoms with van der Waals surface area (Å²) in [6.45, 7) is 1.81. The summed E-state index contributed by atoms with van der Waals surface area (Å²) in [6, 6.07) is 12.2. The molecule has 2 unspecified atom stereocenters. The SMILES string of the molecule is CC1(C#N)C=CC(c2cnc(CC(F)C3CC3)o2)=C(c2ccc3cccnc3c2)N1. The number of nitrogens with one attached hydrogen (secondary N) is 1. The number of nitrogens with zero attached hydrogens (tertiary/aromatic N) is 3. The monoisotopic (exact) mass is 400 g/mol. The molecule has 1 aliphatic heterocycles. The van der Waals surface area contributed by atoms with Crippen LogP contribution in [0.4, 0.5) is 4.39 Å². The second-order valence-electron chi connectivity index (χ2n) is 8.15. The maximum Gasteiger partial charge on any atom is 0.197 e. The van der Waals surface area contributed by atoms with Crippen molar-refractivity contribution in [2.75, 3.05) is 0 Å². The Morgan fingerprint density at radius 1 is 1.33 bits per heavy atom. The van der Waals surface area contributed by atoms with Crippen molar-refractivity contribution in [2.24, 2.45) is 5.92 Å². The first-order valence-electron chi connectivity index (χ1n) is 10.1. The van der Waals surface area contributed by atoms with Gasteiger partial charge in [0.05, 0.1) is 29.9 Å².